The summed E-state index contributed by atoms with van der Waals surface area (Å²) in [4.78, 5) is 18.6. The third-order valence-electron chi connectivity index (χ3n) is 2.11. The van der Waals surface area contributed by atoms with Crippen LogP contribution >= 0.6 is 0 Å². The van der Waals surface area contributed by atoms with E-state index in [2.05, 4.69) is 20.6 Å². The summed E-state index contributed by atoms with van der Waals surface area (Å²) in [6, 6.07) is 0.341. The highest BCUT2D eigenvalue weighted by Crippen LogP contribution is 1.94. The number of nitrogens with zero attached hydrogens (tertiary/aromatic N) is 1. The molecule has 1 atom stereocenters. The fourth-order valence-corrected chi connectivity index (χ4v) is 1.40. The van der Waals surface area contributed by atoms with Crippen molar-refractivity contribution in [1.82, 2.24) is 20.6 Å². The van der Waals surface area contributed by atoms with Crippen LogP contribution in [0.15, 0.2) is 12.4 Å². The standard InChI is InChI=1S/C11H20N4O/c1-8(2)15-11(16)6-9(3)14-7-10-12-4-5-13-10/h4-5,8-9,14H,6-7H2,1-3H3,(H,12,13)(H,15,16). The van der Waals surface area contributed by atoms with Crippen molar-refractivity contribution in [2.75, 3.05) is 0 Å². The fraction of sp³-hybridized carbons (Fsp3) is 0.636. The Bertz CT molecular complexity index is 308. The number of carbonyl (C=O) groups is 1. The van der Waals surface area contributed by atoms with Crippen LogP contribution in [0.25, 0.3) is 0 Å². The Morgan fingerprint density at radius 2 is 2.25 bits per heavy atom. The maximum atomic E-state index is 11.5. The highest BCUT2D eigenvalue weighted by molar-refractivity contribution is 5.76. The van der Waals surface area contributed by atoms with E-state index in [9.17, 15) is 4.79 Å². The minimum absolute atomic E-state index is 0.0782. The Morgan fingerprint density at radius 1 is 1.50 bits per heavy atom. The molecule has 0 saturated carbocycles. The minimum atomic E-state index is 0.0782. The van der Waals surface area contributed by atoms with Gasteiger partial charge >= 0.3 is 0 Å². The second kappa shape index (κ2) is 6.27. The van der Waals surface area contributed by atoms with Crippen molar-refractivity contribution in [3.63, 3.8) is 0 Å². The average Bonchev–Trinajstić information content (AvgIpc) is 2.65. The molecule has 1 unspecified atom stereocenters. The van der Waals surface area contributed by atoms with Gasteiger partial charge in [-0.05, 0) is 20.8 Å². The Kier molecular flexibility index (Phi) is 4.98. The van der Waals surface area contributed by atoms with E-state index >= 15 is 0 Å². The molecule has 1 aromatic rings. The topological polar surface area (TPSA) is 69.8 Å². The van der Waals surface area contributed by atoms with E-state index in [1.807, 2.05) is 20.8 Å². The molecular formula is C11H20N4O. The number of aromatic amines is 1. The molecule has 3 N–H and O–H groups in total. The van der Waals surface area contributed by atoms with Gasteiger partial charge in [0, 0.05) is 30.9 Å². The molecule has 90 valence electrons. The Morgan fingerprint density at radius 3 is 2.81 bits per heavy atom. The van der Waals surface area contributed by atoms with Gasteiger partial charge in [0.05, 0.1) is 6.54 Å². The average molecular weight is 224 g/mol. The van der Waals surface area contributed by atoms with Crippen LogP contribution in [-0.4, -0.2) is 28.0 Å². The summed E-state index contributed by atoms with van der Waals surface area (Å²) >= 11 is 0. The highest BCUT2D eigenvalue weighted by atomic mass is 16.1. The molecule has 0 aliphatic rings. The lowest BCUT2D eigenvalue weighted by atomic mass is 10.2. The number of H-pyrrole nitrogens is 1. The largest absolute Gasteiger partial charge is 0.354 e. The molecule has 0 saturated heterocycles. The first-order chi connectivity index (χ1) is 7.58. The lowest BCUT2D eigenvalue weighted by Gasteiger charge is -2.14. The van der Waals surface area contributed by atoms with Crippen LogP contribution in [0.5, 0.6) is 0 Å². The molecule has 16 heavy (non-hydrogen) atoms. The predicted molar refractivity (Wildman–Crippen MR) is 62.8 cm³/mol. The lowest BCUT2D eigenvalue weighted by molar-refractivity contribution is -0.122. The van der Waals surface area contributed by atoms with Crippen LogP contribution in [0, 0.1) is 0 Å². The lowest BCUT2D eigenvalue weighted by Crippen LogP contribution is -2.36. The molecule has 5 heteroatoms. The molecule has 0 aliphatic carbocycles. The Balaban J connectivity index is 2.20. The van der Waals surface area contributed by atoms with Crippen molar-refractivity contribution in [3.05, 3.63) is 18.2 Å². The number of imidazole rings is 1. The summed E-state index contributed by atoms with van der Waals surface area (Å²) in [5.41, 5.74) is 0. The second-order valence-corrected chi connectivity index (χ2v) is 4.24. The van der Waals surface area contributed by atoms with E-state index in [1.54, 1.807) is 12.4 Å². The molecule has 0 radical (unpaired) electrons. The predicted octanol–water partition coefficient (Wildman–Crippen LogP) is 0.802. The van der Waals surface area contributed by atoms with Crippen LogP contribution in [0.2, 0.25) is 0 Å². The Hall–Kier alpha value is -1.36. The molecule has 5 nitrogen and oxygen atoms in total. The molecule has 0 fully saturated rings. The number of aromatic nitrogens is 2. The van der Waals surface area contributed by atoms with Gasteiger partial charge < -0.3 is 15.6 Å². The number of carbonyl (C=O) groups excluding carboxylic acids is 1. The first-order valence-corrected chi connectivity index (χ1v) is 5.59. The van der Waals surface area contributed by atoms with E-state index in [4.69, 9.17) is 0 Å². The third-order valence-corrected chi connectivity index (χ3v) is 2.11. The van der Waals surface area contributed by atoms with Gasteiger partial charge in [0.25, 0.3) is 0 Å². The first kappa shape index (κ1) is 12.7. The summed E-state index contributed by atoms with van der Waals surface area (Å²) in [5.74, 6) is 0.963. The summed E-state index contributed by atoms with van der Waals surface area (Å²) < 4.78 is 0. The van der Waals surface area contributed by atoms with Crippen molar-refractivity contribution >= 4 is 5.91 Å². The summed E-state index contributed by atoms with van der Waals surface area (Å²) in [7, 11) is 0. The van der Waals surface area contributed by atoms with E-state index in [-0.39, 0.29) is 18.0 Å². The van der Waals surface area contributed by atoms with Gasteiger partial charge in [-0.2, -0.15) is 0 Å². The van der Waals surface area contributed by atoms with Crippen LogP contribution in [0.3, 0.4) is 0 Å². The SMILES string of the molecule is CC(C)NC(=O)CC(C)NCc1ncc[nH]1. The monoisotopic (exact) mass is 224 g/mol. The van der Waals surface area contributed by atoms with Crippen LogP contribution in [-0.2, 0) is 11.3 Å². The highest BCUT2D eigenvalue weighted by Gasteiger charge is 2.09. The zero-order valence-corrected chi connectivity index (χ0v) is 10.1. The van der Waals surface area contributed by atoms with Crippen LogP contribution in [0.4, 0.5) is 0 Å². The van der Waals surface area contributed by atoms with Gasteiger partial charge in [0.2, 0.25) is 5.91 Å². The van der Waals surface area contributed by atoms with Crippen molar-refractivity contribution in [2.45, 2.75) is 45.8 Å². The minimum Gasteiger partial charge on any atom is -0.354 e. The van der Waals surface area contributed by atoms with Crippen molar-refractivity contribution < 1.29 is 4.79 Å². The van der Waals surface area contributed by atoms with Gasteiger partial charge in [0.15, 0.2) is 0 Å². The second-order valence-electron chi connectivity index (χ2n) is 4.24. The normalized spacial score (nSPS) is 12.8. The number of amides is 1. The maximum Gasteiger partial charge on any atom is 0.221 e. The molecule has 1 aromatic heterocycles. The molecule has 1 heterocycles. The fourth-order valence-electron chi connectivity index (χ4n) is 1.40. The quantitative estimate of drug-likeness (QED) is 0.669. The Labute approximate surface area is 96.0 Å². The molecule has 0 aromatic carbocycles. The summed E-state index contributed by atoms with van der Waals surface area (Å²) in [6.07, 6.45) is 3.99. The van der Waals surface area contributed by atoms with E-state index in [1.165, 1.54) is 0 Å². The number of rotatable bonds is 6. The molecule has 0 bridgehead atoms. The molecule has 0 spiro atoms. The van der Waals surface area contributed by atoms with E-state index in [0.29, 0.717) is 13.0 Å². The van der Waals surface area contributed by atoms with Gasteiger partial charge in [0.1, 0.15) is 5.82 Å². The number of nitrogens with one attached hydrogen (secondary N) is 3. The van der Waals surface area contributed by atoms with Gasteiger partial charge in [-0.1, -0.05) is 0 Å². The van der Waals surface area contributed by atoms with Crippen LogP contribution in [0.1, 0.15) is 33.0 Å². The maximum absolute atomic E-state index is 11.5. The van der Waals surface area contributed by atoms with Crippen molar-refractivity contribution in [1.29, 1.82) is 0 Å². The number of hydrogen-bond donors (Lipinski definition) is 3. The number of hydrogen-bond acceptors (Lipinski definition) is 3. The van der Waals surface area contributed by atoms with Gasteiger partial charge in [-0.15, -0.1) is 0 Å². The van der Waals surface area contributed by atoms with Crippen LogP contribution < -0.4 is 10.6 Å². The van der Waals surface area contributed by atoms with E-state index < -0.39 is 0 Å². The zero-order chi connectivity index (χ0) is 12.0. The smallest absolute Gasteiger partial charge is 0.221 e. The molecule has 1 amide bonds. The van der Waals surface area contributed by atoms with Crippen molar-refractivity contribution in [3.8, 4) is 0 Å². The third kappa shape index (κ3) is 4.93. The molecule has 1 rings (SSSR count). The molecule has 0 aliphatic heterocycles. The van der Waals surface area contributed by atoms with Crippen molar-refractivity contribution in [2.24, 2.45) is 0 Å². The summed E-state index contributed by atoms with van der Waals surface area (Å²) in [5, 5.41) is 6.10. The van der Waals surface area contributed by atoms with Gasteiger partial charge in [-0.25, -0.2) is 4.98 Å². The van der Waals surface area contributed by atoms with E-state index in [0.717, 1.165) is 5.82 Å². The first-order valence-electron chi connectivity index (χ1n) is 5.59. The van der Waals surface area contributed by atoms with Gasteiger partial charge in [-0.3, -0.25) is 4.79 Å². The zero-order valence-electron chi connectivity index (χ0n) is 10.1. The summed E-state index contributed by atoms with van der Waals surface area (Å²) in [6.45, 7) is 6.56. The molecular weight excluding hydrogens is 204 g/mol.